The molecule has 0 aliphatic rings. The molecule has 3 aromatic rings. The number of carbonyl (C=O) groups excluding carboxylic acids is 1. The number of carbonyl (C=O) groups is 1. The second-order valence-electron chi connectivity index (χ2n) is 5.12. The van der Waals surface area contributed by atoms with Gasteiger partial charge in [-0.05, 0) is 30.7 Å². The Labute approximate surface area is 141 Å². The molecule has 0 bridgehead atoms. The van der Waals surface area contributed by atoms with E-state index in [2.05, 4.69) is 10.4 Å². The summed E-state index contributed by atoms with van der Waals surface area (Å²) in [5.41, 5.74) is 0.788. The van der Waals surface area contributed by atoms with Crippen LogP contribution in [0.5, 0.6) is 0 Å². The number of nitrogens with zero attached hydrogens (tertiary/aromatic N) is 2. The fourth-order valence-electron chi connectivity index (χ4n) is 2.23. The molecular formula is C16H14ClN3O4. The number of furan rings is 1. The molecule has 1 aromatic carbocycles. The van der Waals surface area contributed by atoms with Crippen molar-refractivity contribution in [1.29, 1.82) is 0 Å². The van der Waals surface area contributed by atoms with Crippen molar-refractivity contribution in [3.63, 3.8) is 0 Å². The van der Waals surface area contributed by atoms with Gasteiger partial charge in [-0.3, -0.25) is 4.79 Å². The Morgan fingerprint density at radius 3 is 2.83 bits per heavy atom. The molecule has 0 spiro atoms. The number of aromatic nitrogens is 2. The number of benzene rings is 1. The van der Waals surface area contributed by atoms with E-state index in [0.717, 1.165) is 10.2 Å². The van der Waals surface area contributed by atoms with Gasteiger partial charge in [0.15, 0.2) is 5.76 Å². The highest BCUT2D eigenvalue weighted by molar-refractivity contribution is 6.31. The monoisotopic (exact) mass is 347 g/mol. The summed E-state index contributed by atoms with van der Waals surface area (Å²) in [6, 6.07) is 10.2. The highest BCUT2D eigenvalue weighted by Crippen LogP contribution is 2.22. The first-order valence-electron chi connectivity index (χ1n) is 7.20. The number of rotatable bonds is 5. The van der Waals surface area contributed by atoms with Crippen LogP contribution in [0, 0.1) is 0 Å². The Bertz CT molecular complexity index is 898. The minimum Gasteiger partial charge on any atom is -0.459 e. The lowest BCUT2D eigenvalue weighted by molar-refractivity contribution is -0.122. The van der Waals surface area contributed by atoms with Gasteiger partial charge in [0.1, 0.15) is 6.54 Å². The molecule has 8 heteroatoms. The lowest BCUT2D eigenvalue weighted by atomic mass is 10.1. The molecular weight excluding hydrogens is 334 g/mol. The van der Waals surface area contributed by atoms with Gasteiger partial charge in [0.25, 0.3) is 5.89 Å². The minimum atomic E-state index is -0.734. The summed E-state index contributed by atoms with van der Waals surface area (Å²) in [5, 5.41) is 7.27. The Kier molecular flexibility index (Phi) is 4.52. The summed E-state index contributed by atoms with van der Waals surface area (Å²) >= 11 is 6.10. The predicted octanol–water partition coefficient (Wildman–Crippen LogP) is 2.63. The molecule has 2 heterocycles. The molecule has 2 aromatic heterocycles. The summed E-state index contributed by atoms with van der Waals surface area (Å²) in [6.45, 7) is 1.54. The smallest absolute Gasteiger partial charge is 0.437 e. The van der Waals surface area contributed by atoms with Gasteiger partial charge in [-0.25, -0.2) is 4.79 Å². The van der Waals surface area contributed by atoms with Crippen LogP contribution in [0.2, 0.25) is 5.02 Å². The van der Waals surface area contributed by atoms with Crippen molar-refractivity contribution in [3.8, 4) is 11.7 Å². The zero-order valence-electron chi connectivity index (χ0n) is 12.7. The zero-order chi connectivity index (χ0) is 17.1. The van der Waals surface area contributed by atoms with Gasteiger partial charge >= 0.3 is 5.76 Å². The Hall–Kier alpha value is -2.80. The van der Waals surface area contributed by atoms with Crippen molar-refractivity contribution in [2.75, 3.05) is 0 Å². The van der Waals surface area contributed by atoms with E-state index in [1.54, 1.807) is 25.1 Å². The molecule has 0 aliphatic heterocycles. The van der Waals surface area contributed by atoms with Crippen molar-refractivity contribution in [1.82, 2.24) is 15.1 Å². The maximum absolute atomic E-state index is 12.1. The van der Waals surface area contributed by atoms with Crippen molar-refractivity contribution in [2.45, 2.75) is 19.5 Å². The summed E-state index contributed by atoms with van der Waals surface area (Å²) in [4.78, 5) is 23.9. The second kappa shape index (κ2) is 6.76. The van der Waals surface area contributed by atoms with E-state index in [1.807, 2.05) is 18.2 Å². The number of hydrogen-bond donors (Lipinski definition) is 1. The van der Waals surface area contributed by atoms with Crippen LogP contribution in [-0.2, 0) is 11.3 Å². The molecule has 0 radical (unpaired) electrons. The van der Waals surface area contributed by atoms with Gasteiger partial charge in [0.05, 0.1) is 12.3 Å². The Balaban J connectivity index is 1.69. The van der Waals surface area contributed by atoms with E-state index in [9.17, 15) is 9.59 Å². The maximum atomic E-state index is 12.1. The molecule has 1 amide bonds. The molecule has 1 N–H and O–H groups in total. The highest BCUT2D eigenvalue weighted by Gasteiger charge is 2.17. The quantitative estimate of drug-likeness (QED) is 0.766. The van der Waals surface area contributed by atoms with E-state index in [4.69, 9.17) is 20.4 Å². The van der Waals surface area contributed by atoms with Crippen molar-refractivity contribution in [3.05, 3.63) is 63.8 Å². The Morgan fingerprint density at radius 1 is 1.33 bits per heavy atom. The van der Waals surface area contributed by atoms with Crippen LogP contribution in [0.25, 0.3) is 11.7 Å². The van der Waals surface area contributed by atoms with Crippen LogP contribution >= 0.6 is 11.6 Å². The molecule has 0 saturated heterocycles. The second-order valence-corrected chi connectivity index (χ2v) is 5.53. The summed E-state index contributed by atoms with van der Waals surface area (Å²) < 4.78 is 11.0. The van der Waals surface area contributed by atoms with Gasteiger partial charge in [0.2, 0.25) is 5.91 Å². The standard InChI is InChI=1S/C16H14ClN3O4/c1-10(11-5-2-3-6-12(11)17)18-14(21)9-20-16(22)24-15(19-20)13-7-4-8-23-13/h2-8,10H,9H2,1H3,(H,18,21). The lowest BCUT2D eigenvalue weighted by Gasteiger charge is -2.15. The lowest BCUT2D eigenvalue weighted by Crippen LogP contribution is -2.33. The molecule has 124 valence electrons. The third kappa shape index (κ3) is 3.41. The topological polar surface area (TPSA) is 90.3 Å². The molecule has 1 unspecified atom stereocenters. The number of halogens is 1. The van der Waals surface area contributed by atoms with Gasteiger partial charge in [-0.2, -0.15) is 4.68 Å². The third-order valence-corrected chi connectivity index (χ3v) is 3.73. The van der Waals surface area contributed by atoms with Crippen molar-refractivity contribution >= 4 is 17.5 Å². The minimum absolute atomic E-state index is 0.0250. The highest BCUT2D eigenvalue weighted by atomic mass is 35.5. The number of amides is 1. The normalized spacial score (nSPS) is 12.1. The van der Waals surface area contributed by atoms with E-state index in [-0.39, 0.29) is 24.4 Å². The number of hydrogen-bond acceptors (Lipinski definition) is 5. The van der Waals surface area contributed by atoms with Crippen LogP contribution in [0.15, 0.2) is 56.3 Å². The van der Waals surface area contributed by atoms with Gasteiger partial charge in [0, 0.05) is 5.02 Å². The molecule has 1 atom stereocenters. The van der Waals surface area contributed by atoms with E-state index in [1.165, 1.54) is 6.26 Å². The summed E-state index contributed by atoms with van der Waals surface area (Å²) in [5.74, 6) is -0.779. The van der Waals surface area contributed by atoms with E-state index >= 15 is 0 Å². The van der Waals surface area contributed by atoms with Crippen LogP contribution < -0.4 is 11.1 Å². The van der Waals surface area contributed by atoms with Crippen LogP contribution in [-0.4, -0.2) is 15.7 Å². The SMILES string of the molecule is CC(NC(=O)Cn1nc(-c2ccco2)oc1=O)c1ccccc1Cl. The molecule has 0 aliphatic carbocycles. The molecule has 3 rings (SSSR count). The van der Waals surface area contributed by atoms with Crippen molar-refractivity contribution < 1.29 is 13.6 Å². The third-order valence-electron chi connectivity index (χ3n) is 3.38. The largest absolute Gasteiger partial charge is 0.459 e. The zero-order valence-corrected chi connectivity index (χ0v) is 13.5. The molecule has 24 heavy (non-hydrogen) atoms. The molecule has 0 saturated carbocycles. The van der Waals surface area contributed by atoms with Crippen LogP contribution in [0.4, 0.5) is 0 Å². The molecule has 7 nitrogen and oxygen atoms in total. The van der Waals surface area contributed by atoms with E-state index < -0.39 is 5.76 Å². The van der Waals surface area contributed by atoms with Gasteiger partial charge in [-0.1, -0.05) is 29.8 Å². The summed E-state index contributed by atoms with van der Waals surface area (Å²) in [6.07, 6.45) is 1.44. The predicted molar refractivity (Wildman–Crippen MR) is 86.5 cm³/mol. The fraction of sp³-hybridized carbons (Fsp3) is 0.188. The Morgan fingerprint density at radius 2 is 2.12 bits per heavy atom. The maximum Gasteiger partial charge on any atom is 0.437 e. The first-order chi connectivity index (χ1) is 11.5. The molecule has 0 fully saturated rings. The van der Waals surface area contributed by atoms with E-state index in [0.29, 0.717) is 10.8 Å². The van der Waals surface area contributed by atoms with Gasteiger partial charge in [-0.15, -0.1) is 5.10 Å². The number of nitrogens with one attached hydrogen (secondary N) is 1. The van der Waals surface area contributed by atoms with Crippen LogP contribution in [0.3, 0.4) is 0 Å². The van der Waals surface area contributed by atoms with Crippen LogP contribution in [0.1, 0.15) is 18.5 Å². The summed E-state index contributed by atoms with van der Waals surface area (Å²) in [7, 11) is 0. The average Bonchev–Trinajstić information content (AvgIpc) is 3.18. The van der Waals surface area contributed by atoms with Gasteiger partial charge < -0.3 is 14.2 Å². The average molecular weight is 348 g/mol. The van der Waals surface area contributed by atoms with Crippen molar-refractivity contribution in [2.24, 2.45) is 0 Å². The fourth-order valence-corrected chi connectivity index (χ4v) is 2.53. The first-order valence-corrected chi connectivity index (χ1v) is 7.58. The first kappa shape index (κ1) is 16.1.